The number of esters is 1. The highest BCUT2D eigenvalue weighted by Crippen LogP contribution is 2.42. The molecule has 1 aliphatic heterocycles. The lowest BCUT2D eigenvalue weighted by Gasteiger charge is -2.17. The standard InChI is InChI=1S/C23H15NO5S/c1-27-15-5-8-18-21(11-15)29-20-10-14(25)4-7-17(20)22(18)16-6-3-13(24-12-30)9-19(16)23(26)28-2/h3-11H,1-2H3. The number of thiocarbonyl (C=S) groups is 1. The molecular formula is C23H15NO5S. The Morgan fingerprint density at radius 3 is 2.57 bits per heavy atom. The van der Waals surface area contributed by atoms with Crippen LogP contribution in [0, 0.1) is 0 Å². The van der Waals surface area contributed by atoms with Crippen LogP contribution in [0.25, 0.3) is 33.4 Å². The van der Waals surface area contributed by atoms with Crippen molar-refractivity contribution in [2.45, 2.75) is 0 Å². The fourth-order valence-corrected chi connectivity index (χ4v) is 3.52. The minimum Gasteiger partial charge on any atom is -0.497 e. The summed E-state index contributed by atoms with van der Waals surface area (Å²) in [5, 5.41) is 3.05. The van der Waals surface area contributed by atoms with E-state index in [9.17, 15) is 9.59 Å². The van der Waals surface area contributed by atoms with E-state index in [2.05, 4.69) is 22.4 Å². The normalized spacial score (nSPS) is 10.6. The third-order valence-electron chi connectivity index (χ3n) is 4.75. The second-order valence-electron chi connectivity index (χ2n) is 6.42. The Morgan fingerprint density at radius 2 is 1.83 bits per heavy atom. The first-order valence-corrected chi connectivity index (χ1v) is 9.31. The van der Waals surface area contributed by atoms with Crippen LogP contribution in [-0.4, -0.2) is 25.4 Å². The maximum absolute atomic E-state index is 12.6. The van der Waals surface area contributed by atoms with Gasteiger partial charge < -0.3 is 13.9 Å². The number of carbonyl (C=O) groups excluding carboxylic acids is 1. The van der Waals surface area contributed by atoms with Crippen molar-refractivity contribution in [3.63, 3.8) is 0 Å². The van der Waals surface area contributed by atoms with E-state index in [1.807, 2.05) is 6.07 Å². The maximum Gasteiger partial charge on any atom is 0.338 e. The van der Waals surface area contributed by atoms with Crippen LogP contribution < -0.4 is 10.2 Å². The van der Waals surface area contributed by atoms with Crippen molar-refractivity contribution in [3.05, 3.63) is 70.4 Å². The van der Waals surface area contributed by atoms with Crippen LogP contribution in [0.3, 0.4) is 0 Å². The zero-order valence-electron chi connectivity index (χ0n) is 16.1. The number of fused-ring (bicyclic) bond motifs is 2. The second-order valence-corrected chi connectivity index (χ2v) is 6.60. The lowest BCUT2D eigenvalue weighted by molar-refractivity contribution is 0.0601. The number of benzene rings is 3. The number of hydrogen-bond acceptors (Lipinski definition) is 7. The van der Waals surface area contributed by atoms with Gasteiger partial charge in [0.2, 0.25) is 0 Å². The van der Waals surface area contributed by atoms with Gasteiger partial charge in [0, 0.05) is 28.6 Å². The fourth-order valence-electron chi connectivity index (χ4n) is 3.42. The molecule has 2 aromatic carbocycles. The zero-order chi connectivity index (χ0) is 21.3. The molecule has 0 saturated heterocycles. The Bertz CT molecular complexity index is 1370. The molecule has 2 aromatic rings. The van der Waals surface area contributed by atoms with Gasteiger partial charge in [-0.15, -0.1) is 0 Å². The molecule has 0 unspecified atom stereocenters. The first kappa shape index (κ1) is 19.5. The van der Waals surface area contributed by atoms with Crippen LogP contribution in [0.4, 0.5) is 5.69 Å². The zero-order valence-corrected chi connectivity index (χ0v) is 16.9. The number of hydrogen-bond donors (Lipinski definition) is 0. The number of nitrogens with zero attached hydrogens (tertiary/aromatic N) is 1. The van der Waals surface area contributed by atoms with Crippen molar-refractivity contribution in [3.8, 4) is 28.2 Å². The average Bonchev–Trinajstić information content (AvgIpc) is 2.76. The number of isothiocyanates is 1. The molecule has 7 heteroatoms. The predicted octanol–water partition coefficient (Wildman–Crippen LogP) is 5.09. The van der Waals surface area contributed by atoms with Crippen LogP contribution in [0.2, 0.25) is 0 Å². The summed E-state index contributed by atoms with van der Waals surface area (Å²) < 4.78 is 16.3. The Hall–Kier alpha value is -3.80. The molecule has 0 saturated carbocycles. The van der Waals surface area contributed by atoms with Gasteiger partial charge in [-0.25, -0.2) is 4.79 Å². The molecule has 0 N–H and O–H groups in total. The second kappa shape index (κ2) is 7.91. The highest BCUT2D eigenvalue weighted by Gasteiger charge is 2.22. The summed E-state index contributed by atoms with van der Waals surface area (Å²) in [5.41, 5.74) is 3.14. The predicted molar refractivity (Wildman–Crippen MR) is 117 cm³/mol. The first-order valence-electron chi connectivity index (χ1n) is 8.91. The van der Waals surface area contributed by atoms with Gasteiger partial charge in [-0.1, -0.05) is 6.07 Å². The number of aliphatic imine (C=N–C) groups is 1. The summed E-state index contributed by atoms with van der Waals surface area (Å²) in [6.07, 6.45) is 0. The minimum absolute atomic E-state index is 0.182. The van der Waals surface area contributed by atoms with E-state index >= 15 is 0 Å². The van der Waals surface area contributed by atoms with Gasteiger partial charge >= 0.3 is 5.97 Å². The summed E-state index contributed by atoms with van der Waals surface area (Å²) in [6.45, 7) is 0. The van der Waals surface area contributed by atoms with E-state index < -0.39 is 5.97 Å². The lowest BCUT2D eigenvalue weighted by atomic mass is 9.90. The molecule has 0 spiro atoms. The van der Waals surface area contributed by atoms with Crippen LogP contribution in [0.5, 0.6) is 5.75 Å². The Kier molecular flexibility index (Phi) is 5.14. The molecular weight excluding hydrogens is 402 g/mol. The largest absolute Gasteiger partial charge is 0.497 e. The van der Waals surface area contributed by atoms with Crippen molar-refractivity contribution in [1.82, 2.24) is 0 Å². The third kappa shape index (κ3) is 3.37. The molecule has 2 aliphatic rings. The van der Waals surface area contributed by atoms with Crippen LogP contribution >= 0.6 is 12.2 Å². The van der Waals surface area contributed by atoms with E-state index in [1.165, 1.54) is 19.2 Å². The van der Waals surface area contributed by atoms with E-state index in [-0.39, 0.29) is 5.43 Å². The topological polar surface area (TPSA) is 78.1 Å². The molecule has 148 valence electrons. The molecule has 0 fully saturated rings. The lowest BCUT2D eigenvalue weighted by Crippen LogP contribution is -2.05. The molecule has 0 amide bonds. The molecule has 0 aromatic heterocycles. The first-order chi connectivity index (χ1) is 14.5. The van der Waals surface area contributed by atoms with Crippen molar-refractivity contribution >= 4 is 40.0 Å². The van der Waals surface area contributed by atoms with Crippen molar-refractivity contribution < 1.29 is 18.7 Å². The molecule has 30 heavy (non-hydrogen) atoms. The minimum atomic E-state index is -0.525. The van der Waals surface area contributed by atoms with Gasteiger partial charge in [-0.05, 0) is 54.2 Å². The van der Waals surface area contributed by atoms with E-state index in [1.54, 1.807) is 43.5 Å². The van der Waals surface area contributed by atoms with Crippen molar-refractivity contribution in [1.29, 1.82) is 0 Å². The molecule has 6 nitrogen and oxygen atoms in total. The quantitative estimate of drug-likeness (QED) is 0.199. The molecule has 0 atom stereocenters. The summed E-state index contributed by atoms with van der Waals surface area (Å²) in [7, 11) is 2.87. The molecule has 1 aliphatic carbocycles. The van der Waals surface area contributed by atoms with Gasteiger partial charge in [0.1, 0.15) is 17.1 Å². The van der Waals surface area contributed by atoms with Gasteiger partial charge in [-0.3, -0.25) is 4.79 Å². The van der Waals surface area contributed by atoms with Crippen LogP contribution in [-0.2, 0) is 4.74 Å². The number of methoxy groups -OCH3 is 2. The molecule has 0 bridgehead atoms. The molecule has 0 radical (unpaired) electrons. The summed E-state index contributed by atoms with van der Waals surface area (Å²) in [4.78, 5) is 28.5. The Morgan fingerprint density at radius 1 is 1.03 bits per heavy atom. The Labute approximate surface area is 176 Å². The van der Waals surface area contributed by atoms with Gasteiger partial charge in [0.25, 0.3) is 0 Å². The Balaban J connectivity index is 2.15. The van der Waals surface area contributed by atoms with Gasteiger partial charge in [0.15, 0.2) is 5.43 Å². The molecule has 4 rings (SSSR count). The third-order valence-corrected chi connectivity index (χ3v) is 4.84. The summed E-state index contributed by atoms with van der Waals surface area (Å²) >= 11 is 4.67. The average molecular weight is 417 g/mol. The van der Waals surface area contributed by atoms with Gasteiger partial charge in [0.05, 0.1) is 30.6 Å². The maximum atomic E-state index is 12.6. The monoisotopic (exact) mass is 417 g/mol. The van der Waals surface area contributed by atoms with Crippen LogP contribution in [0.1, 0.15) is 10.4 Å². The van der Waals surface area contributed by atoms with Crippen molar-refractivity contribution in [2.24, 2.45) is 4.99 Å². The van der Waals surface area contributed by atoms with Crippen LogP contribution in [0.15, 0.2) is 68.8 Å². The van der Waals surface area contributed by atoms with Crippen molar-refractivity contribution in [2.75, 3.05) is 14.2 Å². The highest BCUT2D eigenvalue weighted by molar-refractivity contribution is 7.78. The molecule has 1 heterocycles. The summed E-state index contributed by atoms with van der Waals surface area (Å²) in [6, 6.07) is 15.0. The summed E-state index contributed by atoms with van der Waals surface area (Å²) in [5.74, 6) is 0.478. The fraction of sp³-hybridized carbons (Fsp3) is 0.0870. The SMILES string of the molecule is COC(=O)c1cc(N=C=S)ccc1-c1c2ccc(=O)cc-2oc2cc(OC)ccc12. The highest BCUT2D eigenvalue weighted by atomic mass is 32.1. The number of ether oxygens (including phenoxy) is 2. The van der Waals surface area contributed by atoms with E-state index in [4.69, 9.17) is 13.9 Å². The van der Waals surface area contributed by atoms with E-state index in [0.29, 0.717) is 39.5 Å². The van der Waals surface area contributed by atoms with Gasteiger partial charge in [-0.2, -0.15) is 4.99 Å². The van der Waals surface area contributed by atoms with E-state index in [0.717, 1.165) is 10.9 Å². The number of carbonyl (C=O) groups is 1. The smallest absolute Gasteiger partial charge is 0.338 e. The number of rotatable bonds is 4.